The summed E-state index contributed by atoms with van der Waals surface area (Å²) in [5.74, 6) is 0.855. The second-order valence-electron chi connectivity index (χ2n) is 5.70. The average molecular weight is 283 g/mol. The fourth-order valence-electron chi connectivity index (χ4n) is 3.01. The maximum atomic E-state index is 12.3. The van der Waals surface area contributed by atoms with Crippen LogP contribution in [0.4, 0.5) is 0 Å². The second-order valence-corrected chi connectivity index (χ2v) is 7.39. The van der Waals surface area contributed by atoms with Crippen LogP contribution in [0.1, 0.15) is 33.1 Å². The van der Waals surface area contributed by atoms with Gasteiger partial charge in [0.25, 0.3) is 0 Å². The summed E-state index contributed by atoms with van der Waals surface area (Å²) >= 11 is 0. The van der Waals surface area contributed by atoms with Gasteiger partial charge in [-0.3, -0.25) is 0 Å². The fraction of sp³-hybridized carbons (Fsp3) is 0.571. The molecule has 0 aromatic heterocycles. The molecule has 0 saturated heterocycles. The molecule has 0 amide bonds. The zero-order chi connectivity index (χ0) is 14.0. The van der Waals surface area contributed by atoms with Gasteiger partial charge in [-0.2, -0.15) is 0 Å². The van der Waals surface area contributed by atoms with Crippen LogP contribution >= 0.6 is 0 Å². The van der Waals surface area contributed by atoms with Gasteiger partial charge >= 0.3 is 0 Å². The van der Waals surface area contributed by atoms with E-state index in [2.05, 4.69) is 18.6 Å². The minimum absolute atomic E-state index is 0.0386. The molecule has 2 unspecified atom stereocenters. The average Bonchev–Trinajstić information content (AvgIpc) is 2.26. The van der Waals surface area contributed by atoms with Crippen molar-refractivity contribution in [3.8, 4) is 5.75 Å². The van der Waals surface area contributed by atoms with Crippen LogP contribution in [0.5, 0.6) is 5.75 Å². The van der Waals surface area contributed by atoms with Crippen molar-refractivity contribution in [2.75, 3.05) is 0 Å². The Labute approximate surface area is 114 Å². The SMILES string of the molecule is CC1CC(C)CC(NS(=O)(=O)c2ccccc2O)C1. The smallest absolute Gasteiger partial charge is 0.244 e. The zero-order valence-corrected chi connectivity index (χ0v) is 12.2. The highest BCUT2D eigenvalue weighted by Crippen LogP contribution is 2.30. The van der Waals surface area contributed by atoms with Crippen molar-refractivity contribution in [2.45, 2.75) is 44.0 Å². The number of phenolic OH excluding ortho intramolecular Hbond substituents is 1. The van der Waals surface area contributed by atoms with E-state index in [4.69, 9.17) is 0 Å². The molecule has 1 fully saturated rings. The molecule has 1 aliphatic rings. The maximum absolute atomic E-state index is 12.3. The molecule has 19 heavy (non-hydrogen) atoms. The number of phenols is 1. The Bertz CT molecular complexity index is 531. The molecular formula is C14H21NO3S. The lowest BCUT2D eigenvalue weighted by Crippen LogP contribution is -2.39. The van der Waals surface area contributed by atoms with Gasteiger partial charge in [0, 0.05) is 6.04 Å². The second kappa shape index (κ2) is 5.51. The van der Waals surface area contributed by atoms with Gasteiger partial charge in [0.1, 0.15) is 10.6 Å². The Morgan fingerprint density at radius 3 is 2.26 bits per heavy atom. The molecule has 0 bridgehead atoms. The van der Waals surface area contributed by atoms with Crippen molar-refractivity contribution >= 4 is 10.0 Å². The van der Waals surface area contributed by atoms with Gasteiger partial charge in [0.2, 0.25) is 10.0 Å². The fourth-order valence-corrected chi connectivity index (χ4v) is 4.37. The van der Waals surface area contributed by atoms with E-state index in [1.165, 1.54) is 12.1 Å². The summed E-state index contributed by atoms with van der Waals surface area (Å²) in [4.78, 5) is -0.0409. The van der Waals surface area contributed by atoms with E-state index in [0.717, 1.165) is 19.3 Å². The van der Waals surface area contributed by atoms with Crippen molar-refractivity contribution in [1.82, 2.24) is 4.72 Å². The van der Waals surface area contributed by atoms with Gasteiger partial charge in [-0.1, -0.05) is 26.0 Å². The lowest BCUT2D eigenvalue weighted by Gasteiger charge is -2.31. The Hall–Kier alpha value is -1.07. The highest BCUT2D eigenvalue weighted by molar-refractivity contribution is 7.89. The molecule has 0 heterocycles. The van der Waals surface area contributed by atoms with Crippen molar-refractivity contribution in [3.05, 3.63) is 24.3 Å². The van der Waals surface area contributed by atoms with Crippen molar-refractivity contribution in [3.63, 3.8) is 0 Å². The highest BCUT2D eigenvalue weighted by atomic mass is 32.2. The van der Waals surface area contributed by atoms with Crippen molar-refractivity contribution < 1.29 is 13.5 Å². The van der Waals surface area contributed by atoms with E-state index in [1.54, 1.807) is 12.1 Å². The van der Waals surface area contributed by atoms with Crippen molar-refractivity contribution in [1.29, 1.82) is 0 Å². The Morgan fingerprint density at radius 2 is 1.68 bits per heavy atom. The zero-order valence-electron chi connectivity index (χ0n) is 11.3. The molecule has 1 aliphatic carbocycles. The first-order chi connectivity index (χ1) is 8.88. The van der Waals surface area contributed by atoms with Crippen molar-refractivity contribution in [2.24, 2.45) is 11.8 Å². The van der Waals surface area contributed by atoms with Crippen LogP contribution in [-0.2, 0) is 10.0 Å². The third-order valence-electron chi connectivity index (χ3n) is 3.66. The summed E-state index contributed by atoms with van der Waals surface area (Å²) in [5.41, 5.74) is 0. The topological polar surface area (TPSA) is 66.4 Å². The molecule has 5 heteroatoms. The van der Waals surface area contributed by atoms with E-state index >= 15 is 0 Å². The van der Waals surface area contributed by atoms with Crippen LogP contribution in [0.25, 0.3) is 0 Å². The number of para-hydroxylation sites is 1. The largest absolute Gasteiger partial charge is 0.507 e. The monoisotopic (exact) mass is 283 g/mol. The predicted octanol–water partition coefficient (Wildman–Crippen LogP) is 2.50. The summed E-state index contributed by atoms with van der Waals surface area (Å²) in [6, 6.07) is 6.00. The van der Waals surface area contributed by atoms with E-state index in [1.807, 2.05) is 0 Å². The summed E-state index contributed by atoms with van der Waals surface area (Å²) < 4.78 is 27.3. The third-order valence-corrected chi connectivity index (χ3v) is 5.22. The quantitative estimate of drug-likeness (QED) is 0.895. The van der Waals surface area contributed by atoms with Crippen LogP contribution < -0.4 is 4.72 Å². The number of nitrogens with one attached hydrogen (secondary N) is 1. The lowest BCUT2D eigenvalue weighted by atomic mass is 9.81. The lowest BCUT2D eigenvalue weighted by molar-refractivity contribution is 0.257. The number of hydrogen-bond donors (Lipinski definition) is 2. The molecule has 1 saturated carbocycles. The van der Waals surface area contributed by atoms with Crippen LogP contribution in [0, 0.1) is 11.8 Å². The minimum Gasteiger partial charge on any atom is -0.507 e. The molecule has 1 aromatic rings. The standard InChI is InChI=1S/C14H21NO3S/c1-10-7-11(2)9-12(8-10)15-19(17,18)14-6-4-3-5-13(14)16/h3-6,10-12,15-16H,7-9H2,1-2H3. The molecule has 106 valence electrons. The van der Waals surface area contributed by atoms with E-state index < -0.39 is 10.0 Å². The van der Waals surface area contributed by atoms with E-state index in [-0.39, 0.29) is 16.7 Å². The first kappa shape index (κ1) is 14.3. The predicted molar refractivity (Wildman–Crippen MR) is 74.4 cm³/mol. The van der Waals surface area contributed by atoms with Gasteiger partial charge in [0.05, 0.1) is 0 Å². The molecular weight excluding hydrogens is 262 g/mol. The van der Waals surface area contributed by atoms with Crippen LogP contribution in [0.15, 0.2) is 29.2 Å². The number of hydrogen-bond acceptors (Lipinski definition) is 3. The van der Waals surface area contributed by atoms with Gasteiger partial charge in [-0.05, 0) is 43.2 Å². The van der Waals surface area contributed by atoms with Gasteiger partial charge in [0.15, 0.2) is 0 Å². The van der Waals surface area contributed by atoms with E-state index in [0.29, 0.717) is 11.8 Å². The first-order valence-corrected chi connectivity index (χ1v) is 8.17. The number of aromatic hydroxyl groups is 1. The number of sulfonamides is 1. The summed E-state index contributed by atoms with van der Waals surface area (Å²) in [5, 5.41) is 9.66. The number of rotatable bonds is 3. The third kappa shape index (κ3) is 3.48. The van der Waals surface area contributed by atoms with Gasteiger partial charge in [-0.15, -0.1) is 0 Å². The molecule has 4 nitrogen and oxygen atoms in total. The minimum atomic E-state index is -3.64. The molecule has 0 aliphatic heterocycles. The Kier molecular flexibility index (Phi) is 4.16. The number of benzene rings is 1. The molecule has 2 atom stereocenters. The molecule has 0 spiro atoms. The molecule has 0 radical (unpaired) electrons. The molecule has 1 aromatic carbocycles. The molecule has 2 N–H and O–H groups in total. The van der Waals surface area contributed by atoms with Crippen LogP contribution in [0.2, 0.25) is 0 Å². The Balaban J connectivity index is 2.16. The van der Waals surface area contributed by atoms with Gasteiger partial charge < -0.3 is 5.11 Å². The first-order valence-electron chi connectivity index (χ1n) is 6.69. The van der Waals surface area contributed by atoms with E-state index in [9.17, 15) is 13.5 Å². The summed E-state index contributed by atoms with van der Waals surface area (Å²) in [6.07, 6.45) is 2.86. The summed E-state index contributed by atoms with van der Waals surface area (Å²) in [6.45, 7) is 4.30. The normalized spacial score (nSPS) is 28.2. The summed E-state index contributed by atoms with van der Waals surface area (Å²) in [7, 11) is -3.64. The Morgan fingerprint density at radius 1 is 1.11 bits per heavy atom. The highest BCUT2D eigenvalue weighted by Gasteiger charge is 2.28. The molecule has 2 rings (SSSR count). The van der Waals surface area contributed by atoms with Crippen LogP contribution in [0.3, 0.4) is 0 Å². The maximum Gasteiger partial charge on any atom is 0.244 e. The van der Waals surface area contributed by atoms with Crippen LogP contribution in [-0.4, -0.2) is 19.6 Å². The van der Waals surface area contributed by atoms with Gasteiger partial charge in [-0.25, -0.2) is 13.1 Å².